The van der Waals surface area contributed by atoms with Gasteiger partial charge in [0.15, 0.2) is 0 Å². The molecule has 0 bridgehead atoms. The van der Waals surface area contributed by atoms with Crippen LogP contribution in [0.15, 0.2) is 71.5 Å². The van der Waals surface area contributed by atoms with Gasteiger partial charge >= 0.3 is 0 Å². The Hall–Kier alpha value is -2.86. The van der Waals surface area contributed by atoms with Crippen molar-refractivity contribution >= 4 is 34.1 Å². The maximum atomic E-state index is 13.2. The fourth-order valence-electron chi connectivity index (χ4n) is 3.44. The van der Waals surface area contributed by atoms with Crippen molar-refractivity contribution in [3.63, 3.8) is 0 Å². The summed E-state index contributed by atoms with van der Waals surface area (Å²) in [6.45, 7) is 3.46. The van der Waals surface area contributed by atoms with Gasteiger partial charge in [0.25, 0.3) is 5.56 Å². The van der Waals surface area contributed by atoms with E-state index < -0.39 is 0 Å². The smallest absolute Gasteiger partial charge is 0.261 e. The van der Waals surface area contributed by atoms with Crippen molar-refractivity contribution in [3.8, 4) is 17.1 Å². The van der Waals surface area contributed by atoms with E-state index in [0.717, 1.165) is 16.9 Å². The zero-order chi connectivity index (χ0) is 22.5. The largest absolute Gasteiger partial charge is 0.491 e. The van der Waals surface area contributed by atoms with Crippen LogP contribution in [0, 0.1) is 6.92 Å². The topological polar surface area (TPSA) is 53.4 Å². The molecule has 0 aliphatic carbocycles. The average molecular weight is 469 g/mol. The molecule has 0 amide bonds. The molecule has 1 aromatic heterocycles. The van der Waals surface area contributed by atoms with Gasteiger partial charge in [-0.3, -0.25) is 9.36 Å². The Labute approximate surface area is 196 Å². The average Bonchev–Trinajstić information content (AvgIpc) is 2.79. The molecule has 4 rings (SSSR count). The Morgan fingerprint density at radius 1 is 0.906 bits per heavy atom. The first-order valence-electron chi connectivity index (χ1n) is 10.2. The summed E-state index contributed by atoms with van der Waals surface area (Å²) in [5.74, 6) is 1.36. The summed E-state index contributed by atoms with van der Waals surface area (Å²) in [6, 6.07) is 20.1. The van der Waals surface area contributed by atoms with Crippen LogP contribution in [0.25, 0.3) is 22.3 Å². The molecule has 0 atom stereocenters. The molecule has 0 aliphatic heterocycles. The van der Waals surface area contributed by atoms with Crippen LogP contribution < -0.4 is 10.3 Å². The molecule has 3 aromatic carbocycles. The number of benzene rings is 3. The minimum absolute atomic E-state index is 0.0998. The second-order valence-corrected chi connectivity index (χ2v) is 8.16. The molecule has 0 saturated heterocycles. The van der Waals surface area contributed by atoms with E-state index in [2.05, 4.69) is 0 Å². The maximum absolute atomic E-state index is 13.2. The highest BCUT2D eigenvalue weighted by Crippen LogP contribution is 2.22. The monoisotopic (exact) mass is 468 g/mol. The molecule has 1 heterocycles. The van der Waals surface area contributed by atoms with Crippen LogP contribution in [0.2, 0.25) is 10.0 Å². The lowest BCUT2D eigenvalue weighted by Gasteiger charge is -2.14. The molecule has 0 N–H and O–H groups in total. The van der Waals surface area contributed by atoms with Crippen LogP contribution in [0.5, 0.6) is 5.75 Å². The first kappa shape index (κ1) is 22.3. The summed E-state index contributed by atoms with van der Waals surface area (Å²) in [6.07, 6.45) is 0. The molecule has 0 radical (unpaired) electrons. The van der Waals surface area contributed by atoms with Crippen LogP contribution in [-0.2, 0) is 11.3 Å². The Morgan fingerprint density at radius 3 is 2.44 bits per heavy atom. The van der Waals surface area contributed by atoms with Gasteiger partial charge in [-0.25, -0.2) is 4.98 Å². The summed E-state index contributed by atoms with van der Waals surface area (Å²) in [7, 11) is 0. The Kier molecular flexibility index (Phi) is 7.10. The second-order valence-electron chi connectivity index (χ2n) is 7.29. The minimum atomic E-state index is -0.0998. The quantitative estimate of drug-likeness (QED) is 0.307. The van der Waals surface area contributed by atoms with Gasteiger partial charge in [-0.15, -0.1) is 0 Å². The van der Waals surface area contributed by atoms with Gasteiger partial charge in [-0.05, 0) is 67.1 Å². The van der Waals surface area contributed by atoms with Crippen molar-refractivity contribution in [2.75, 3.05) is 19.8 Å². The van der Waals surface area contributed by atoms with Crippen LogP contribution >= 0.6 is 23.2 Å². The predicted molar refractivity (Wildman–Crippen MR) is 129 cm³/mol. The molecule has 0 saturated carbocycles. The lowest BCUT2D eigenvalue weighted by molar-refractivity contribution is 0.0938. The first-order chi connectivity index (χ1) is 15.5. The summed E-state index contributed by atoms with van der Waals surface area (Å²) in [5.41, 5.74) is 2.35. The first-order valence-corrected chi connectivity index (χ1v) is 11.0. The Bertz CT molecular complexity index is 1290. The Balaban J connectivity index is 1.46. The van der Waals surface area contributed by atoms with Crippen molar-refractivity contribution in [2.45, 2.75) is 13.5 Å². The molecule has 0 spiro atoms. The molecular weight excluding hydrogens is 447 g/mol. The fourth-order valence-corrected chi connectivity index (χ4v) is 3.79. The third-order valence-corrected chi connectivity index (χ3v) is 5.53. The molecule has 7 heteroatoms. The van der Waals surface area contributed by atoms with Crippen molar-refractivity contribution in [1.29, 1.82) is 0 Å². The second kappa shape index (κ2) is 10.2. The molecule has 5 nitrogen and oxygen atoms in total. The lowest BCUT2D eigenvalue weighted by atomic mass is 10.2. The van der Waals surface area contributed by atoms with Gasteiger partial charge in [0, 0.05) is 15.6 Å². The highest BCUT2D eigenvalue weighted by Gasteiger charge is 2.12. The number of hydrogen-bond acceptors (Lipinski definition) is 4. The number of para-hydroxylation sites is 1. The minimum Gasteiger partial charge on any atom is -0.491 e. The number of rotatable bonds is 8. The Morgan fingerprint density at radius 2 is 1.66 bits per heavy atom. The molecule has 164 valence electrons. The van der Waals surface area contributed by atoms with Gasteiger partial charge in [0.2, 0.25) is 0 Å². The van der Waals surface area contributed by atoms with Gasteiger partial charge < -0.3 is 9.47 Å². The van der Waals surface area contributed by atoms with E-state index in [0.29, 0.717) is 53.1 Å². The zero-order valence-electron chi connectivity index (χ0n) is 17.6. The van der Waals surface area contributed by atoms with Crippen molar-refractivity contribution < 1.29 is 9.47 Å². The van der Waals surface area contributed by atoms with Crippen molar-refractivity contribution in [2.24, 2.45) is 0 Å². The highest BCUT2D eigenvalue weighted by atomic mass is 35.5. The van der Waals surface area contributed by atoms with E-state index in [9.17, 15) is 4.79 Å². The number of hydrogen-bond donors (Lipinski definition) is 0. The maximum Gasteiger partial charge on any atom is 0.261 e. The van der Waals surface area contributed by atoms with Crippen LogP contribution in [0.1, 0.15) is 5.56 Å². The zero-order valence-corrected chi connectivity index (χ0v) is 19.1. The molecule has 32 heavy (non-hydrogen) atoms. The van der Waals surface area contributed by atoms with Gasteiger partial charge in [0.1, 0.15) is 18.2 Å². The number of halogens is 2. The van der Waals surface area contributed by atoms with E-state index in [4.69, 9.17) is 37.7 Å². The molecule has 4 aromatic rings. The van der Waals surface area contributed by atoms with Gasteiger partial charge in [0.05, 0.1) is 30.7 Å². The third-order valence-electron chi connectivity index (χ3n) is 5.05. The number of fused-ring (bicyclic) bond motifs is 1. The van der Waals surface area contributed by atoms with Gasteiger partial charge in [-0.1, -0.05) is 35.3 Å². The van der Waals surface area contributed by atoms with E-state index >= 15 is 0 Å². The van der Waals surface area contributed by atoms with E-state index in [1.165, 1.54) is 0 Å². The number of aryl methyl sites for hydroxylation is 1. The van der Waals surface area contributed by atoms with E-state index in [1.54, 1.807) is 28.8 Å². The summed E-state index contributed by atoms with van der Waals surface area (Å²) < 4.78 is 13.1. The summed E-state index contributed by atoms with van der Waals surface area (Å²) in [4.78, 5) is 17.9. The SMILES string of the molecule is Cc1cc(Cl)ccc1OCCOCCn1c(-c2ccc(Cl)cc2)nc2ccccc2c1=O. The number of nitrogens with zero attached hydrogens (tertiary/aromatic N) is 2. The number of ether oxygens (including phenoxy) is 2. The van der Waals surface area contributed by atoms with Crippen molar-refractivity contribution in [3.05, 3.63) is 92.7 Å². The standard InChI is InChI=1S/C25H22Cl2N2O3/c1-17-16-20(27)10-11-23(17)32-15-14-31-13-12-29-24(18-6-8-19(26)9-7-18)28-22-5-3-2-4-21(22)25(29)30/h2-11,16H,12-15H2,1H3. The highest BCUT2D eigenvalue weighted by molar-refractivity contribution is 6.30. The summed E-state index contributed by atoms with van der Waals surface area (Å²) >= 11 is 12.0. The van der Waals surface area contributed by atoms with Crippen LogP contribution in [0.4, 0.5) is 0 Å². The molecular formula is C25H22Cl2N2O3. The fraction of sp³-hybridized carbons (Fsp3) is 0.200. The normalized spacial score (nSPS) is 11.1. The van der Waals surface area contributed by atoms with Crippen LogP contribution in [0.3, 0.4) is 0 Å². The molecule has 0 fully saturated rings. The molecule has 0 unspecified atom stereocenters. The van der Waals surface area contributed by atoms with E-state index in [1.807, 2.05) is 49.4 Å². The number of aromatic nitrogens is 2. The van der Waals surface area contributed by atoms with Gasteiger partial charge in [-0.2, -0.15) is 0 Å². The van der Waals surface area contributed by atoms with E-state index in [-0.39, 0.29) is 5.56 Å². The molecule has 0 aliphatic rings. The lowest BCUT2D eigenvalue weighted by Crippen LogP contribution is -2.26. The summed E-state index contributed by atoms with van der Waals surface area (Å²) in [5, 5.41) is 1.88. The predicted octanol–water partition coefficient (Wildman–Crippen LogP) is 5.77. The van der Waals surface area contributed by atoms with Crippen molar-refractivity contribution in [1.82, 2.24) is 9.55 Å². The van der Waals surface area contributed by atoms with Crippen LogP contribution in [-0.4, -0.2) is 29.4 Å². The third kappa shape index (κ3) is 5.13.